The lowest BCUT2D eigenvalue weighted by atomic mass is 10.0. The Kier molecular flexibility index (Phi) is 3.89. The van der Waals surface area contributed by atoms with Gasteiger partial charge in [-0.2, -0.15) is 11.3 Å². The SMILES string of the molecule is CCN1CCCC1C1CCCN1C(=O)c1ccsc1. The molecule has 1 amide bonds. The zero-order chi connectivity index (χ0) is 13.2. The predicted octanol–water partition coefficient (Wildman–Crippen LogP) is 2.84. The summed E-state index contributed by atoms with van der Waals surface area (Å²) in [6, 6.07) is 2.99. The molecule has 0 saturated carbocycles. The van der Waals surface area contributed by atoms with Crippen LogP contribution in [0, 0.1) is 0 Å². The summed E-state index contributed by atoms with van der Waals surface area (Å²) in [5.41, 5.74) is 0.873. The van der Waals surface area contributed by atoms with Crippen LogP contribution in [-0.4, -0.2) is 47.4 Å². The first-order valence-corrected chi connectivity index (χ1v) is 8.32. The number of thiophene rings is 1. The minimum atomic E-state index is 0.242. The molecule has 2 unspecified atom stereocenters. The Morgan fingerprint density at radius 1 is 1.32 bits per heavy atom. The molecule has 3 nitrogen and oxygen atoms in total. The van der Waals surface area contributed by atoms with E-state index < -0.39 is 0 Å². The van der Waals surface area contributed by atoms with Gasteiger partial charge in [-0.3, -0.25) is 9.69 Å². The molecular formula is C15H22N2OS. The van der Waals surface area contributed by atoms with Crippen molar-refractivity contribution in [2.24, 2.45) is 0 Å². The second-order valence-corrected chi connectivity index (χ2v) is 6.34. The topological polar surface area (TPSA) is 23.6 Å². The fraction of sp³-hybridized carbons (Fsp3) is 0.667. The van der Waals surface area contributed by atoms with Gasteiger partial charge >= 0.3 is 0 Å². The summed E-state index contributed by atoms with van der Waals surface area (Å²) in [6.07, 6.45) is 4.88. The van der Waals surface area contributed by atoms with Crippen LogP contribution >= 0.6 is 11.3 Å². The number of rotatable bonds is 3. The number of carbonyl (C=O) groups excluding carboxylic acids is 1. The summed E-state index contributed by atoms with van der Waals surface area (Å²) in [6.45, 7) is 5.49. The van der Waals surface area contributed by atoms with Crippen molar-refractivity contribution in [3.63, 3.8) is 0 Å². The molecule has 3 heterocycles. The van der Waals surface area contributed by atoms with Gasteiger partial charge < -0.3 is 4.90 Å². The van der Waals surface area contributed by atoms with Gasteiger partial charge in [0.1, 0.15) is 0 Å². The zero-order valence-corrected chi connectivity index (χ0v) is 12.4. The maximum Gasteiger partial charge on any atom is 0.255 e. The third-order valence-corrected chi connectivity index (χ3v) is 5.28. The number of likely N-dealkylation sites (N-methyl/N-ethyl adjacent to an activating group) is 1. The molecule has 0 radical (unpaired) electrons. The summed E-state index contributed by atoms with van der Waals surface area (Å²) in [5.74, 6) is 0.242. The molecule has 2 aliphatic rings. The van der Waals surface area contributed by atoms with Crippen LogP contribution in [0.1, 0.15) is 43.0 Å². The average Bonchev–Trinajstić information content (AvgIpc) is 3.16. The average molecular weight is 278 g/mol. The van der Waals surface area contributed by atoms with E-state index in [2.05, 4.69) is 16.7 Å². The van der Waals surface area contributed by atoms with Gasteiger partial charge in [0.15, 0.2) is 0 Å². The molecule has 0 bridgehead atoms. The molecule has 0 aliphatic carbocycles. The molecule has 1 aromatic rings. The molecule has 104 valence electrons. The second-order valence-electron chi connectivity index (χ2n) is 5.56. The van der Waals surface area contributed by atoms with Crippen LogP contribution in [0.25, 0.3) is 0 Å². The molecule has 4 heteroatoms. The van der Waals surface area contributed by atoms with E-state index in [0.29, 0.717) is 12.1 Å². The molecule has 2 fully saturated rings. The number of likely N-dealkylation sites (tertiary alicyclic amines) is 2. The summed E-state index contributed by atoms with van der Waals surface area (Å²) < 4.78 is 0. The number of nitrogens with zero attached hydrogens (tertiary/aromatic N) is 2. The smallest absolute Gasteiger partial charge is 0.255 e. The Bertz CT molecular complexity index is 431. The lowest BCUT2D eigenvalue weighted by Gasteiger charge is -2.34. The Morgan fingerprint density at radius 3 is 2.84 bits per heavy atom. The van der Waals surface area contributed by atoms with Gasteiger partial charge in [-0.05, 0) is 50.2 Å². The van der Waals surface area contributed by atoms with Crippen molar-refractivity contribution in [2.45, 2.75) is 44.7 Å². The summed E-state index contributed by atoms with van der Waals surface area (Å²) in [4.78, 5) is 17.3. The van der Waals surface area contributed by atoms with Crippen LogP contribution in [0.5, 0.6) is 0 Å². The van der Waals surface area contributed by atoms with Crippen LogP contribution in [0.3, 0.4) is 0 Å². The van der Waals surface area contributed by atoms with E-state index in [1.807, 2.05) is 16.8 Å². The minimum absolute atomic E-state index is 0.242. The standard InChI is InChI=1S/C15H22N2OS/c1-2-16-8-3-5-13(16)14-6-4-9-17(14)15(18)12-7-10-19-11-12/h7,10-11,13-14H,2-6,8-9H2,1H3. The number of hydrogen-bond acceptors (Lipinski definition) is 3. The lowest BCUT2D eigenvalue weighted by Crippen LogP contribution is -2.48. The quantitative estimate of drug-likeness (QED) is 0.849. The van der Waals surface area contributed by atoms with Gasteiger partial charge in [0.05, 0.1) is 5.56 Å². The fourth-order valence-electron chi connectivity index (χ4n) is 3.68. The van der Waals surface area contributed by atoms with Crippen molar-refractivity contribution in [1.29, 1.82) is 0 Å². The highest BCUT2D eigenvalue weighted by molar-refractivity contribution is 7.08. The monoisotopic (exact) mass is 278 g/mol. The molecule has 0 spiro atoms. The fourth-order valence-corrected chi connectivity index (χ4v) is 4.31. The number of carbonyl (C=O) groups is 1. The Hall–Kier alpha value is -0.870. The number of hydrogen-bond donors (Lipinski definition) is 0. The summed E-state index contributed by atoms with van der Waals surface area (Å²) in [7, 11) is 0. The van der Waals surface area contributed by atoms with Crippen LogP contribution in [0.2, 0.25) is 0 Å². The van der Waals surface area contributed by atoms with E-state index in [1.165, 1.54) is 25.8 Å². The van der Waals surface area contributed by atoms with E-state index in [1.54, 1.807) is 11.3 Å². The van der Waals surface area contributed by atoms with Gasteiger partial charge in [0, 0.05) is 24.0 Å². The van der Waals surface area contributed by atoms with Crippen molar-refractivity contribution in [1.82, 2.24) is 9.80 Å². The first-order valence-electron chi connectivity index (χ1n) is 7.38. The third-order valence-electron chi connectivity index (χ3n) is 4.59. The number of amides is 1. The lowest BCUT2D eigenvalue weighted by molar-refractivity contribution is 0.0650. The first-order chi connectivity index (χ1) is 9.31. The van der Waals surface area contributed by atoms with E-state index in [0.717, 1.165) is 25.1 Å². The van der Waals surface area contributed by atoms with Crippen LogP contribution in [-0.2, 0) is 0 Å². The summed E-state index contributed by atoms with van der Waals surface area (Å²) in [5, 5.41) is 3.97. The van der Waals surface area contributed by atoms with Crippen LogP contribution in [0.4, 0.5) is 0 Å². The van der Waals surface area contributed by atoms with Crippen molar-refractivity contribution in [2.75, 3.05) is 19.6 Å². The van der Waals surface area contributed by atoms with Gasteiger partial charge in [-0.1, -0.05) is 6.92 Å². The van der Waals surface area contributed by atoms with Gasteiger partial charge in [0.25, 0.3) is 5.91 Å². The van der Waals surface area contributed by atoms with Gasteiger partial charge in [-0.25, -0.2) is 0 Å². The van der Waals surface area contributed by atoms with Gasteiger partial charge in [-0.15, -0.1) is 0 Å². The highest BCUT2D eigenvalue weighted by Gasteiger charge is 2.39. The Balaban J connectivity index is 1.76. The molecule has 3 rings (SSSR count). The zero-order valence-electron chi connectivity index (χ0n) is 11.5. The second kappa shape index (κ2) is 5.63. The Morgan fingerprint density at radius 2 is 2.11 bits per heavy atom. The van der Waals surface area contributed by atoms with Crippen LogP contribution in [0.15, 0.2) is 16.8 Å². The molecule has 19 heavy (non-hydrogen) atoms. The van der Waals surface area contributed by atoms with E-state index in [4.69, 9.17) is 0 Å². The van der Waals surface area contributed by atoms with Crippen molar-refractivity contribution >= 4 is 17.2 Å². The highest BCUT2D eigenvalue weighted by atomic mass is 32.1. The van der Waals surface area contributed by atoms with Crippen molar-refractivity contribution in [3.8, 4) is 0 Å². The van der Waals surface area contributed by atoms with E-state index >= 15 is 0 Å². The molecular weight excluding hydrogens is 256 g/mol. The van der Waals surface area contributed by atoms with Crippen molar-refractivity contribution in [3.05, 3.63) is 22.4 Å². The molecule has 1 aromatic heterocycles. The molecule has 0 aromatic carbocycles. The first kappa shape index (κ1) is 13.1. The van der Waals surface area contributed by atoms with E-state index in [-0.39, 0.29) is 5.91 Å². The maximum atomic E-state index is 12.6. The normalized spacial score (nSPS) is 28.2. The van der Waals surface area contributed by atoms with Crippen LogP contribution < -0.4 is 0 Å². The molecule has 0 N–H and O–H groups in total. The third kappa shape index (κ3) is 2.43. The van der Waals surface area contributed by atoms with E-state index in [9.17, 15) is 4.79 Å². The summed E-state index contributed by atoms with van der Waals surface area (Å²) >= 11 is 1.61. The molecule has 2 aliphatic heterocycles. The Labute approximate surface area is 119 Å². The highest BCUT2D eigenvalue weighted by Crippen LogP contribution is 2.31. The minimum Gasteiger partial charge on any atom is -0.334 e. The van der Waals surface area contributed by atoms with Gasteiger partial charge in [0.2, 0.25) is 0 Å². The molecule has 2 atom stereocenters. The molecule has 2 saturated heterocycles. The van der Waals surface area contributed by atoms with Crippen molar-refractivity contribution < 1.29 is 4.79 Å². The predicted molar refractivity (Wildman–Crippen MR) is 78.6 cm³/mol. The maximum absolute atomic E-state index is 12.6. The largest absolute Gasteiger partial charge is 0.334 e.